The van der Waals surface area contributed by atoms with E-state index in [4.69, 9.17) is 4.74 Å². The van der Waals surface area contributed by atoms with Gasteiger partial charge in [-0.2, -0.15) is 0 Å². The molecule has 1 fully saturated rings. The fraction of sp³-hybridized carbons (Fsp3) is 0.350. The highest BCUT2D eigenvalue weighted by molar-refractivity contribution is 5.94. The van der Waals surface area contributed by atoms with Gasteiger partial charge >= 0.3 is 0 Å². The van der Waals surface area contributed by atoms with Gasteiger partial charge in [0, 0.05) is 38.3 Å². The standard InChI is InChI=1S/C20H24N2O3/c1-25-18-9-5-8-17(14-18)20(24)22-12-10-21(11-13-22)15-19(23)16-6-3-2-4-7-16/h2-9,14,19,23H,10-13,15H2,1H3/t19-/m1/s1. The number of hydrogen-bond donors (Lipinski definition) is 1. The summed E-state index contributed by atoms with van der Waals surface area (Å²) in [6, 6.07) is 16.9. The highest BCUT2D eigenvalue weighted by Gasteiger charge is 2.23. The van der Waals surface area contributed by atoms with E-state index in [9.17, 15) is 9.90 Å². The van der Waals surface area contributed by atoms with Crippen LogP contribution in [0.1, 0.15) is 22.0 Å². The first-order valence-electron chi connectivity index (χ1n) is 8.56. The SMILES string of the molecule is COc1cccc(C(=O)N2CCN(C[C@@H](O)c3ccccc3)CC2)c1. The van der Waals surface area contributed by atoms with Crippen molar-refractivity contribution in [3.63, 3.8) is 0 Å². The van der Waals surface area contributed by atoms with Gasteiger partial charge < -0.3 is 14.7 Å². The van der Waals surface area contributed by atoms with Gasteiger partial charge in [0.05, 0.1) is 13.2 Å². The van der Waals surface area contributed by atoms with Crippen LogP contribution in [0.25, 0.3) is 0 Å². The van der Waals surface area contributed by atoms with Crippen molar-refractivity contribution in [3.05, 3.63) is 65.7 Å². The average molecular weight is 340 g/mol. The molecule has 0 aliphatic carbocycles. The highest BCUT2D eigenvalue weighted by atomic mass is 16.5. The molecule has 1 amide bonds. The van der Waals surface area contributed by atoms with Crippen molar-refractivity contribution in [1.82, 2.24) is 9.80 Å². The Morgan fingerprint density at radius 2 is 1.80 bits per heavy atom. The van der Waals surface area contributed by atoms with E-state index in [-0.39, 0.29) is 5.91 Å². The zero-order valence-electron chi connectivity index (χ0n) is 14.5. The van der Waals surface area contributed by atoms with Crippen molar-refractivity contribution in [3.8, 4) is 5.75 Å². The number of β-amino-alcohol motifs (C(OH)–C–C–N with tert-alkyl or cyclic N) is 1. The lowest BCUT2D eigenvalue weighted by atomic mass is 10.1. The lowest BCUT2D eigenvalue weighted by Crippen LogP contribution is -2.49. The smallest absolute Gasteiger partial charge is 0.254 e. The quantitative estimate of drug-likeness (QED) is 0.906. The Kier molecular flexibility index (Phi) is 5.68. The predicted molar refractivity (Wildman–Crippen MR) is 96.7 cm³/mol. The number of benzene rings is 2. The maximum absolute atomic E-state index is 12.6. The van der Waals surface area contributed by atoms with Gasteiger partial charge in [-0.1, -0.05) is 36.4 Å². The largest absolute Gasteiger partial charge is 0.497 e. The van der Waals surface area contributed by atoms with Gasteiger partial charge in [0.15, 0.2) is 0 Å². The molecule has 5 nitrogen and oxygen atoms in total. The molecule has 1 aliphatic rings. The van der Waals surface area contributed by atoms with E-state index in [1.807, 2.05) is 53.4 Å². The summed E-state index contributed by atoms with van der Waals surface area (Å²) in [5.41, 5.74) is 1.58. The highest BCUT2D eigenvalue weighted by Crippen LogP contribution is 2.17. The molecule has 25 heavy (non-hydrogen) atoms. The first-order valence-corrected chi connectivity index (χ1v) is 8.56. The number of hydrogen-bond acceptors (Lipinski definition) is 4. The number of rotatable bonds is 5. The molecular formula is C20H24N2O3. The number of methoxy groups -OCH3 is 1. The number of aliphatic hydroxyl groups is 1. The summed E-state index contributed by atoms with van der Waals surface area (Å²) in [5, 5.41) is 10.3. The van der Waals surface area contributed by atoms with Crippen LogP contribution in [0.15, 0.2) is 54.6 Å². The number of carbonyl (C=O) groups excluding carboxylic acids is 1. The summed E-state index contributed by atoms with van der Waals surface area (Å²) < 4.78 is 5.19. The molecule has 5 heteroatoms. The van der Waals surface area contributed by atoms with Crippen LogP contribution in [0.3, 0.4) is 0 Å². The zero-order chi connectivity index (χ0) is 17.6. The van der Waals surface area contributed by atoms with E-state index < -0.39 is 6.10 Å². The Labute approximate surface area is 148 Å². The van der Waals surface area contributed by atoms with Gasteiger partial charge in [-0.15, -0.1) is 0 Å². The Morgan fingerprint density at radius 3 is 2.48 bits per heavy atom. The minimum Gasteiger partial charge on any atom is -0.497 e. The van der Waals surface area contributed by atoms with Gasteiger partial charge in [0.2, 0.25) is 0 Å². The van der Waals surface area contributed by atoms with Gasteiger partial charge in [-0.05, 0) is 23.8 Å². The second-order valence-corrected chi connectivity index (χ2v) is 6.25. The molecule has 2 aromatic rings. The molecule has 132 valence electrons. The van der Waals surface area contributed by atoms with Crippen molar-refractivity contribution in [2.75, 3.05) is 39.8 Å². The van der Waals surface area contributed by atoms with Gasteiger partial charge in [0.25, 0.3) is 5.91 Å². The number of carbonyl (C=O) groups is 1. The minimum atomic E-state index is -0.498. The van der Waals surface area contributed by atoms with Crippen molar-refractivity contribution in [2.24, 2.45) is 0 Å². The van der Waals surface area contributed by atoms with E-state index >= 15 is 0 Å². The van der Waals surface area contributed by atoms with E-state index in [1.54, 1.807) is 13.2 Å². The fourth-order valence-electron chi connectivity index (χ4n) is 3.10. The van der Waals surface area contributed by atoms with Gasteiger partial charge in [-0.25, -0.2) is 0 Å². The maximum atomic E-state index is 12.6. The Balaban J connectivity index is 1.53. The molecule has 0 aromatic heterocycles. The Hall–Kier alpha value is -2.37. The van der Waals surface area contributed by atoms with Crippen molar-refractivity contribution in [1.29, 1.82) is 0 Å². The second-order valence-electron chi connectivity index (χ2n) is 6.25. The number of aliphatic hydroxyl groups excluding tert-OH is 1. The van der Waals surface area contributed by atoms with Crippen molar-refractivity contribution >= 4 is 5.91 Å². The number of nitrogens with zero attached hydrogens (tertiary/aromatic N) is 2. The van der Waals surface area contributed by atoms with Crippen LogP contribution < -0.4 is 4.74 Å². The van der Waals surface area contributed by atoms with Crippen LogP contribution in [-0.2, 0) is 0 Å². The third kappa shape index (κ3) is 4.38. The van der Waals surface area contributed by atoms with Crippen molar-refractivity contribution in [2.45, 2.75) is 6.10 Å². The predicted octanol–water partition coefficient (Wildman–Crippen LogP) is 2.19. The molecule has 0 saturated carbocycles. The summed E-state index contributed by atoms with van der Waals surface area (Å²) in [7, 11) is 1.60. The third-order valence-corrected chi connectivity index (χ3v) is 4.59. The Morgan fingerprint density at radius 1 is 1.08 bits per heavy atom. The summed E-state index contributed by atoms with van der Waals surface area (Å²) in [5.74, 6) is 0.720. The van der Waals surface area contributed by atoms with E-state index in [2.05, 4.69) is 4.90 Å². The molecule has 2 aromatic carbocycles. The molecule has 1 saturated heterocycles. The number of piperazine rings is 1. The monoisotopic (exact) mass is 340 g/mol. The van der Waals surface area contributed by atoms with Crippen LogP contribution in [0.5, 0.6) is 5.75 Å². The van der Waals surface area contributed by atoms with Crippen LogP contribution in [0.2, 0.25) is 0 Å². The maximum Gasteiger partial charge on any atom is 0.254 e. The molecule has 0 radical (unpaired) electrons. The number of amides is 1. The summed E-state index contributed by atoms with van der Waals surface area (Å²) >= 11 is 0. The van der Waals surface area contributed by atoms with Crippen LogP contribution in [0.4, 0.5) is 0 Å². The first-order chi connectivity index (χ1) is 12.2. The first kappa shape index (κ1) is 17.5. The molecule has 1 heterocycles. The summed E-state index contributed by atoms with van der Waals surface area (Å²) in [6.45, 7) is 3.44. The minimum absolute atomic E-state index is 0.0298. The third-order valence-electron chi connectivity index (χ3n) is 4.59. The van der Waals surface area contributed by atoms with E-state index in [1.165, 1.54) is 0 Å². The fourth-order valence-corrected chi connectivity index (χ4v) is 3.10. The van der Waals surface area contributed by atoms with E-state index in [0.29, 0.717) is 30.9 Å². The Bertz CT molecular complexity index is 697. The lowest BCUT2D eigenvalue weighted by Gasteiger charge is -2.35. The van der Waals surface area contributed by atoms with Gasteiger partial charge in [0.1, 0.15) is 5.75 Å². The molecule has 1 atom stereocenters. The molecule has 1 N–H and O–H groups in total. The molecule has 3 rings (SSSR count). The van der Waals surface area contributed by atoms with Crippen molar-refractivity contribution < 1.29 is 14.6 Å². The normalized spacial score (nSPS) is 16.5. The van der Waals surface area contributed by atoms with Crippen LogP contribution >= 0.6 is 0 Å². The molecule has 1 aliphatic heterocycles. The number of ether oxygens (including phenoxy) is 1. The second kappa shape index (κ2) is 8.14. The zero-order valence-corrected chi connectivity index (χ0v) is 14.5. The molecule has 0 bridgehead atoms. The van der Waals surface area contributed by atoms with Crippen LogP contribution in [-0.4, -0.2) is 60.6 Å². The average Bonchev–Trinajstić information content (AvgIpc) is 2.68. The summed E-state index contributed by atoms with van der Waals surface area (Å²) in [6.07, 6.45) is -0.498. The lowest BCUT2D eigenvalue weighted by molar-refractivity contribution is 0.0527. The molecule has 0 unspecified atom stereocenters. The van der Waals surface area contributed by atoms with Crippen LogP contribution in [0, 0.1) is 0 Å². The van der Waals surface area contributed by atoms with Gasteiger partial charge in [-0.3, -0.25) is 9.69 Å². The molecular weight excluding hydrogens is 316 g/mol. The van der Waals surface area contributed by atoms with E-state index in [0.717, 1.165) is 18.7 Å². The topological polar surface area (TPSA) is 53.0 Å². The molecule has 0 spiro atoms. The summed E-state index contributed by atoms with van der Waals surface area (Å²) in [4.78, 5) is 16.7.